The van der Waals surface area contributed by atoms with Crippen LogP contribution in [0.4, 0.5) is 11.5 Å². The first-order chi connectivity index (χ1) is 14.3. The number of rotatable bonds is 3. The number of nitrogens with zero attached hydrogens (tertiary/aromatic N) is 3. The SMILES string of the molecule is CCC(=O)N1CCN(c2c(Cl)cccc2-n2c(N)c3c(cc2=O)C(=O)NC3=O)CC1. The van der Waals surface area contributed by atoms with Crippen LogP contribution < -0.4 is 21.5 Å². The molecule has 1 aromatic carbocycles. The van der Waals surface area contributed by atoms with Gasteiger partial charge in [-0.1, -0.05) is 24.6 Å². The molecular weight excluding hydrogens is 410 g/mol. The smallest absolute Gasteiger partial charge is 0.262 e. The second kappa shape index (κ2) is 7.49. The topological polar surface area (TPSA) is 118 Å². The number of imide groups is 1. The fraction of sp³-hybridized carbons (Fsp3) is 0.300. The maximum atomic E-state index is 12.9. The summed E-state index contributed by atoms with van der Waals surface area (Å²) in [5.41, 5.74) is 6.58. The van der Waals surface area contributed by atoms with Crippen molar-refractivity contribution < 1.29 is 14.4 Å². The lowest BCUT2D eigenvalue weighted by atomic mass is 10.1. The highest BCUT2D eigenvalue weighted by Gasteiger charge is 2.33. The molecule has 4 rings (SSSR count). The third-order valence-electron chi connectivity index (χ3n) is 5.41. The summed E-state index contributed by atoms with van der Waals surface area (Å²) in [6.07, 6.45) is 0.444. The summed E-state index contributed by atoms with van der Waals surface area (Å²) in [6, 6.07) is 6.18. The summed E-state index contributed by atoms with van der Waals surface area (Å²) < 4.78 is 1.20. The molecule has 2 aliphatic rings. The zero-order valence-corrected chi connectivity index (χ0v) is 17.0. The fourth-order valence-corrected chi connectivity index (χ4v) is 4.22. The number of carbonyl (C=O) groups excluding carboxylic acids is 3. The Kier molecular flexibility index (Phi) is 4.98. The van der Waals surface area contributed by atoms with Crippen molar-refractivity contribution in [2.75, 3.05) is 36.8 Å². The van der Waals surface area contributed by atoms with E-state index in [2.05, 4.69) is 5.32 Å². The average Bonchev–Trinajstić information content (AvgIpc) is 3.01. The van der Waals surface area contributed by atoms with Gasteiger partial charge in [-0.05, 0) is 12.1 Å². The lowest BCUT2D eigenvalue weighted by Gasteiger charge is -2.37. The highest BCUT2D eigenvalue weighted by Crippen LogP contribution is 2.35. The molecule has 0 unspecified atom stereocenters. The molecule has 156 valence electrons. The van der Waals surface area contributed by atoms with Crippen LogP contribution in [-0.4, -0.2) is 53.4 Å². The minimum Gasteiger partial charge on any atom is -0.384 e. The van der Waals surface area contributed by atoms with Crippen LogP contribution in [0.15, 0.2) is 29.1 Å². The number of anilines is 2. The number of benzene rings is 1. The summed E-state index contributed by atoms with van der Waals surface area (Å²) in [6.45, 7) is 3.94. The number of hydrogen-bond donors (Lipinski definition) is 2. The van der Waals surface area contributed by atoms with Crippen LogP contribution in [0.1, 0.15) is 34.1 Å². The van der Waals surface area contributed by atoms with Crippen molar-refractivity contribution in [1.82, 2.24) is 14.8 Å². The summed E-state index contributed by atoms with van der Waals surface area (Å²) >= 11 is 6.50. The molecule has 1 aromatic heterocycles. The molecule has 0 aliphatic carbocycles. The van der Waals surface area contributed by atoms with Crippen LogP contribution in [0, 0.1) is 0 Å². The van der Waals surface area contributed by atoms with Crippen molar-refractivity contribution in [2.24, 2.45) is 0 Å². The molecule has 1 saturated heterocycles. The van der Waals surface area contributed by atoms with Gasteiger partial charge in [0.25, 0.3) is 17.4 Å². The molecule has 1 fully saturated rings. The number of nitrogens with two attached hydrogens (primary N) is 1. The van der Waals surface area contributed by atoms with Crippen molar-refractivity contribution in [3.63, 3.8) is 0 Å². The first-order valence-electron chi connectivity index (χ1n) is 9.56. The van der Waals surface area contributed by atoms with Gasteiger partial charge < -0.3 is 15.5 Å². The standard InChI is InChI=1S/C20H20ClN5O4/c1-2-14(27)24-6-8-25(9-7-24)17-12(21)4-3-5-13(17)26-15(28)10-11-16(18(26)22)20(30)23-19(11)29/h3-5,10H,2,6-9,22H2,1H3,(H,23,29,30). The Labute approximate surface area is 177 Å². The number of para-hydroxylation sites is 1. The molecule has 0 spiro atoms. The summed E-state index contributed by atoms with van der Waals surface area (Å²) in [5, 5.41) is 2.57. The number of nitrogen functional groups attached to an aromatic ring is 1. The lowest BCUT2D eigenvalue weighted by molar-refractivity contribution is -0.131. The molecule has 0 radical (unpaired) electrons. The number of amides is 3. The molecule has 3 N–H and O–H groups in total. The van der Waals surface area contributed by atoms with E-state index in [4.69, 9.17) is 17.3 Å². The van der Waals surface area contributed by atoms with E-state index in [0.717, 1.165) is 6.07 Å². The van der Waals surface area contributed by atoms with Gasteiger partial charge in [0.2, 0.25) is 5.91 Å². The van der Waals surface area contributed by atoms with Crippen LogP contribution in [0.5, 0.6) is 0 Å². The number of fused-ring (bicyclic) bond motifs is 1. The van der Waals surface area contributed by atoms with Crippen molar-refractivity contribution in [2.45, 2.75) is 13.3 Å². The second-order valence-corrected chi connectivity index (χ2v) is 7.51. The van der Waals surface area contributed by atoms with Crippen molar-refractivity contribution in [3.05, 3.63) is 50.8 Å². The first kappa shape index (κ1) is 20.0. The lowest BCUT2D eigenvalue weighted by Crippen LogP contribution is -2.49. The quantitative estimate of drug-likeness (QED) is 0.703. The Morgan fingerprint density at radius 3 is 2.50 bits per heavy atom. The third kappa shape index (κ3) is 3.11. The third-order valence-corrected chi connectivity index (χ3v) is 5.72. The predicted molar refractivity (Wildman–Crippen MR) is 112 cm³/mol. The van der Waals surface area contributed by atoms with E-state index in [9.17, 15) is 19.2 Å². The molecule has 2 aliphatic heterocycles. The molecule has 9 nitrogen and oxygen atoms in total. The van der Waals surface area contributed by atoms with Crippen LogP contribution in [0.2, 0.25) is 5.02 Å². The molecular formula is C20H20ClN5O4. The number of piperazine rings is 1. The van der Waals surface area contributed by atoms with E-state index in [-0.39, 0.29) is 22.9 Å². The van der Waals surface area contributed by atoms with Crippen LogP contribution >= 0.6 is 11.6 Å². The van der Waals surface area contributed by atoms with Gasteiger partial charge >= 0.3 is 0 Å². The zero-order valence-electron chi connectivity index (χ0n) is 16.3. The van der Waals surface area contributed by atoms with Crippen molar-refractivity contribution in [3.8, 4) is 5.69 Å². The highest BCUT2D eigenvalue weighted by molar-refractivity contribution is 6.33. The molecule has 3 amide bonds. The van der Waals surface area contributed by atoms with Crippen LogP contribution in [-0.2, 0) is 4.79 Å². The van der Waals surface area contributed by atoms with Gasteiger partial charge in [-0.25, -0.2) is 0 Å². The van der Waals surface area contributed by atoms with Gasteiger partial charge in [0, 0.05) is 38.7 Å². The Morgan fingerprint density at radius 2 is 1.83 bits per heavy atom. The van der Waals surface area contributed by atoms with E-state index in [1.165, 1.54) is 4.57 Å². The molecule has 3 heterocycles. The molecule has 0 atom stereocenters. The minimum absolute atomic E-state index is 0.0242. The number of pyridine rings is 1. The van der Waals surface area contributed by atoms with Gasteiger partial charge in [-0.3, -0.25) is 29.1 Å². The Morgan fingerprint density at radius 1 is 1.13 bits per heavy atom. The normalized spacial score (nSPS) is 15.9. The minimum atomic E-state index is -0.644. The zero-order chi connectivity index (χ0) is 21.6. The average molecular weight is 430 g/mol. The number of hydrogen-bond acceptors (Lipinski definition) is 6. The van der Waals surface area contributed by atoms with Gasteiger partial charge in [-0.15, -0.1) is 0 Å². The van der Waals surface area contributed by atoms with Gasteiger partial charge in [0.1, 0.15) is 5.82 Å². The monoisotopic (exact) mass is 429 g/mol. The number of aromatic nitrogens is 1. The Balaban J connectivity index is 1.80. The molecule has 10 heteroatoms. The van der Waals surface area contributed by atoms with Gasteiger partial charge in [0.05, 0.1) is 27.5 Å². The molecule has 2 aromatic rings. The van der Waals surface area contributed by atoms with E-state index in [1.807, 2.05) is 11.8 Å². The van der Waals surface area contributed by atoms with Crippen LogP contribution in [0.3, 0.4) is 0 Å². The first-order valence-corrected chi connectivity index (χ1v) is 9.94. The van der Waals surface area contributed by atoms with Gasteiger partial charge in [-0.2, -0.15) is 0 Å². The predicted octanol–water partition coefficient (Wildman–Crippen LogP) is 1.02. The van der Waals surface area contributed by atoms with E-state index in [0.29, 0.717) is 49.0 Å². The van der Waals surface area contributed by atoms with Crippen LogP contribution in [0.25, 0.3) is 5.69 Å². The van der Waals surface area contributed by atoms with E-state index >= 15 is 0 Å². The number of carbonyl (C=O) groups is 3. The maximum absolute atomic E-state index is 12.9. The van der Waals surface area contributed by atoms with Gasteiger partial charge in [0.15, 0.2) is 0 Å². The number of nitrogens with one attached hydrogen (secondary N) is 1. The van der Waals surface area contributed by atoms with Crippen molar-refractivity contribution in [1.29, 1.82) is 0 Å². The molecule has 30 heavy (non-hydrogen) atoms. The summed E-state index contributed by atoms with van der Waals surface area (Å²) in [4.78, 5) is 52.7. The van der Waals surface area contributed by atoms with Crippen molar-refractivity contribution >= 4 is 40.8 Å². The fourth-order valence-electron chi connectivity index (χ4n) is 3.93. The largest absolute Gasteiger partial charge is 0.384 e. The van der Waals surface area contributed by atoms with E-state index < -0.39 is 17.4 Å². The second-order valence-electron chi connectivity index (χ2n) is 7.10. The summed E-state index contributed by atoms with van der Waals surface area (Å²) in [5.74, 6) is -1.32. The van der Waals surface area contributed by atoms with E-state index in [1.54, 1.807) is 23.1 Å². The summed E-state index contributed by atoms with van der Waals surface area (Å²) in [7, 11) is 0. The Bertz CT molecular complexity index is 1130. The Hall–Kier alpha value is -3.33. The molecule has 0 bridgehead atoms. The number of halogens is 1. The molecule has 0 saturated carbocycles. The highest BCUT2D eigenvalue weighted by atomic mass is 35.5. The maximum Gasteiger partial charge on any atom is 0.262 e.